The second kappa shape index (κ2) is 6.51. The molecular weight excluding hydrogens is 256 g/mol. The Bertz CT molecular complexity index is 545. The number of nitro groups is 1. The SMILES string of the molecule is N=C(C(Cc1cccnc1)Cc1cccnc1)[N+](=O)[O-]. The number of nitrogens with one attached hydrogen (secondary N) is 1. The lowest BCUT2D eigenvalue weighted by molar-refractivity contribution is -0.358. The molecule has 0 amide bonds. The van der Waals surface area contributed by atoms with Gasteiger partial charge in [0.15, 0.2) is 0 Å². The third-order valence-corrected chi connectivity index (χ3v) is 2.99. The van der Waals surface area contributed by atoms with Crippen LogP contribution in [-0.4, -0.2) is 20.7 Å². The van der Waals surface area contributed by atoms with Crippen molar-refractivity contribution in [1.82, 2.24) is 9.97 Å². The quantitative estimate of drug-likeness (QED) is 0.390. The minimum absolute atomic E-state index is 0.419. The molecule has 102 valence electrons. The Hall–Kier alpha value is -2.63. The van der Waals surface area contributed by atoms with E-state index in [0.29, 0.717) is 12.8 Å². The standard InChI is InChI=1S/C14H14N4O2/c15-14(18(19)20)13(7-11-3-1-5-16-9-11)8-12-4-2-6-17-10-12/h1-6,9-10,13,15H,7-8H2. The van der Waals surface area contributed by atoms with Crippen LogP contribution in [0.5, 0.6) is 0 Å². The van der Waals surface area contributed by atoms with Crippen molar-refractivity contribution in [1.29, 1.82) is 5.41 Å². The van der Waals surface area contributed by atoms with Crippen LogP contribution in [0.4, 0.5) is 0 Å². The molecule has 2 aromatic heterocycles. The van der Waals surface area contributed by atoms with Crippen molar-refractivity contribution in [2.24, 2.45) is 5.92 Å². The van der Waals surface area contributed by atoms with Crippen molar-refractivity contribution in [2.75, 3.05) is 0 Å². The van der Waals surface area contributed by atoms with Crippen molar-refractivity contribution in [3.63, 3.8) is 0 Å². The third kappa shape index (κ3) is 3.68. The highest BCUT2D eigenvalue weighted by molar-refractivity contribution is 5.74. The summed E-state index contributed by atoms with van der Waals surface area (Å²) in [4.78, 5) is 18.2. The maximum absolute atomic E-state index is 10.9. The number of hydrogen-bond acceptors (Lipinski definition) is 5. The summed E-state index contributed by atoms with van der Waals surface area (Å²) in [6, 6.07) is 7.28. The zero-order chi connectivity index (χ0) is 14.4. The number of aromatic nitrogens is 2. The van der Waals surface area contributed by atoms with Gasteiger partial charge in [0.05, 0.1) is 5.92 Å². The average Bonchev–Trinajstić information content (AvgIpc) is 2.48. The van der Waals surface area contributed by atoms with Crippen LogP contribution >= 0.6 is 0 Å². The Kier molecular flexibility index (Phi) is 4.49. The molecule has 0 radical (unpaired) electrons. The fourth-order valence-corrected chi connectivity index (χ4v) is 2.02. The van der Waals surface area contributed by atoms with Crippen LogP contribution in [0.15, 0.2) is 49.1 Å². The van der Waals surface area contributed by atoms with E-state index < -0.39 is 16.7 Å². The minimum atomic E-state index is -0.628. The second-order valence-electron chi connectivity index (χ2n) is 4.47. The van der Waals surface area contributed by atoms with E-state index in [4.69, 9.17) is 5.41 Å². The van der Waals surface area contributed by atoms with Crippen LogP contribution in [0.2, 0.25) is 0 Å². The molecule has 0 bridgehead atoms. The van der Waals surface area contributed by atoms with Gasteiger partial charge in [0.1, 0.15) is 0 Å². The lowest BCUT2D eigenvalue weighted by atomic mass is 9.93. The summed E-state index contributed by atoms with van der Waals surface area (Å²) >= 11 is 0. The van der Waals surface area contributed by atoms with Gasteiger partial charge in [-0.2, -0.15) is 0 Å². The summed E-state index contributed by atoms with van der Waals surface area (Å²) in [6.45, 7) is 0. The third-order valence-electron chi connectivity index (χ3n) is 2.99. The molecule has 20 heavy (non-hydrogen) atoms. The molecule has 2 aromatic rings. The summed E-state index contributed by atoms with van der Waals surface area (Å²) in [5.74, 6) is -0.962. The molecular formula is C14H14N4O2. The average molecular weight is 270 g/mol. The van der Waals surface area contributed by atoms with Crippen LogP contribution in [-0.2, 0) is 12.8 Å². The van der Waals surface area contributed by atoms with E-state index in [1.165, 1.54) is 0 Å². The number of nitrogens with zero attached hydrogens (tertiary/aromatic N) is 3. The fraction of sp³-hybridized carbons (Fsp3) is 0.214. The first-order valence-electron chi connectivity index (χ1n) is 6.17. The van der Waals surface area contributed by atoms with Gasteiger partial charge in [0, 0.05) is 24.8 Å². The number of rotatable bonds is 5. The van der Waals surface area contributed by atoms with Crippen LogP contribution < -0.4 is 0 Å². The molecule has 0 aliphatic rings. The van der Waals surface area contributed by atoms with Crippen LogP contribution in [0.25, 0.3) is 0 Å². The number of pyridine rings is 2. The Balaban J connectivity index is 2.17. The zero-order valence-electron chi connectivity index (χ0n) is 10.8. The Morgan fingerprint density at radius 2 is 1.65 bits per heavy atom. The largest absolute Gasteiger partial charge is 0.358 e. The van der Waals surface area contributed by atoms with Gasteiger partial charge in [-0.3, -0.25) is 9.97 Å². The van der Waals surface area contributed by atoms with Crippen molar-refractivity contribution in [3.05, 3.63) is 70.3 Å². The topological polar surface area (TPSA) is 92.8 Å². The van der Waals surface area contributed by atoms with Crippen LogP contribution in [0.1, 0.15) is 11.1 Å². The van der Waals surface area contributed by atoms with Gasteiger partial charge < -0.3 is 10.1 Å². The highest BCUT2D eigenvalue weighted by atomic mass is 16.6. The molecule has 1 N–H and O–H groups in total. The maximum Gasteiger partial charge on any atom is 0.334 e. The van der Waals surface area contributed by atoms with Gasteiger partial charge in [-0.15, -0.1) is 5.41 Å². The van der Waals surface area contributed by atoms with Gasteiger partial charge in [-0.1, -0.05) is 12.1 Å². The smallest absolute Gasteiger partial charge is 0.334 e. The van der Waals surface area contributed by atoms with E-state index in [1.54, 1.807) is 36.9 Å². The number of amidine groups is 1. The molecule has 0 aromatic carbocycles. The molecule has 0 aliphatic carbocycles. The highest BCUT2D eigenvalue weighted by Crippen LogP contribution is 2.15. The van der Waals surface area contributed by atoms with Crippen LogP contribution in [0, 0.1) is 21.4 Å². The van der Waals surface area contributed by atoms with Crippen molar-refractivity contribution in [3.8, 4) is 0 Å². The lowest BCUT2D eigenvalue weighted by Gasteiger charge is -2.13. The number of hydrogen-bond donors (Lipinski definition) is 1. The molecule has 0 atom stereocenters. The first kappa shape index (κ1) is 13.8. The molecule has 2 rings (SSSR count). The van der Waals surface area contributed by atoms with Gasteiger partial charge in [-0.05, 0) is 41.0 Å². The molecule has 2 heterocycles. The molecule has 0 aliphatic heterocycles. The molecule has 6 heteroatoms. The van der Waals surface area contributed by atoms with E-state index in [0.717, 1.165) is 11.1 Å². The maximum atomic E-state index is 10.9. The van der Waals surface area contributed by atoms with Crippen molar-refractivity contribution >= 4 is 5.84 Å². The molecule has 0 fully saturated rings. The molecule has 0 saturated carbocycles. The molecule has 0 unspecified atom stereocenters. The van der Waals surface area contributed by atoms with Crippen molar-refractivity contribution in [2.45, 2.75) is 12.8 Å². The molecule has 0 spiro atoms. The van der Waals surface area contributed by atoms with E-state index in [1.807, 2.05) is 12.1 Å². The van der Waals surface area contributed by atoms with Gasteiger partial charge in [0.25, 0.3) is 0 Å². The Morgan fingerprint density at radius 1 is 1.15 bits per heavy atom. The van der Waals surface area contributed by atoms with E-state index >= 15 is 0 Å². The summed E-state index contributed by atoms with van der Waals surface area (Å²) in [7, 11) is 0. The molecule has 6 nitrogen and oxygen atoms in total. The Labute approximate surface area is 116 Å². The van der Waals surface area contributed by atoms with Crippen molar-refractivity contribution < 1.29 is 4.92 Å². The monoisotopic (exact) mass is 270 g/mol. The predicted octanol–water partition coefficient (Wildman–Crippen LogP) is 2.13. The fourth-order valence-electron chi connectivity index (χ4n) is 2.02. The second-order valence-corrected chi connectivity index (χ2v) is 4.47. The zero-order valence-corrected chi connectivity index (χ0v) is 10.8. The van der Waals surface area contributed by atoms with E-state index in [-0.39, 0.29) is 0 Å². The summed E-state index contributed by atoms with van der Waals surface area (Å²) in [6.07, 6.45) is 7.48. The minimum Gasteiger partial charge on any atom is -0.358 e. The van der Waals surface area contributed by atoms with Gasteiger partial charge in [0.2, 0.25) is 0 Å². The van der Waals surface area contributed by atoms with Gasteiger partial charge >= 0.3 is 5.84 Å². The lowest BCUT2D eigenvalue weighted by Crippen LogP contribution is -2.26. The summed E-state index contributed by atoms with van der Waals surface area (Å²) < 4.78 is 0. The Morgan fingerprint density at radius 3 is 2.00 bits per heavy atom. The van der Waals surface area contributed by atoms with E-state index in [2.05, 4.69) is 9.97 Å². The summed E-state index contributed by atoms with van der Waals surface area (Å²) in [5, 5.41) is 18.5. The highest BCUT2D eigenvalue weighted by Gasteiger charge is 2.24. The normalized spacial score (nSPS) is 10.4. The van der Waals surface area contributed by atoms with Gasteiger partial charge in [-0.25, -0.2) is 0 Å². The van der Waals surface area contributed by atoms with Crippen LogP contribution in [0.3, 0.4) is 0 Å². The predicted molar refractivity (Wildman–Crippen MR) is 74.1 cm³/mol. The first-order valence-corrected chi connectivity index (χ1v) is 6.17. The first-order chi connectivity index (χ1) is 9.66. The summed E-state index contributed by atoms with van der Waals surface area (Å²) in [5.41, 5.74) is 1.76. The molecule has 0 saturated heterocycles. The van der Waals surface area contributed by atoms with E-state index in [9.17, 15) is 10.1 Å².